The van der Waals surface area contributed by atoms with Crippen LogP contribution in [0.2, 0.25) is 0 Å². The summed E-state index contributed by atoms with van der Waals surface area (Å²) in [5.41, 5.74) is 7.12. The van der Waals surface area contributed by atoms with Gasteiger partial charge in [-0.2, -0.15) is 0 Å². The summed E-state index contributed by atoms with van der Waals surface area (Å²) < 4.78 is 10.4. The van der Waals surface area contributed by atoms with Crippen molar-refractivity contribution in [1.29, 1.82) is 0 Å². The molecule has 3 N–H and O–H groups in total. The summed E-state index contributed by atoms with van der Waals surface area (Å²) >= 11 is 0. The smallest absolute Gasteiger partial charge is 0.338 e. The van der Waals surface area contributed by atoms with Crippen LogP contribution in [0.25, 0.3) is 10.9 Å². The Balaban J connectivity index is 1.76. The monoisotopic (exact) mass is 310 g/mol. The van der Waals surface area contributed by atoms with Crippen LogP contribution in [0.15, 0.2) is 48.5 Å². The summed E-state index contributed by atoms with van der Waals surface area (Å²) in [5, 5.41) is 0.829. The van der Waals surface area contributed by atoms with E-state index in [1.807, 2.05) is 24.3 Å². The minimum Gasteiger partial charge on any atom is -0.497 e. The van der Waals surface area contributed by atoms with Crippen molar-refractivity contribution in [2.75, 3.05) is 12.8 Å². The van der Waals surface area contributed by atoms with Gasteiger partial charge in [-0.05, 0) is 30.3 Å². The lowest BCUT2D eigenvalue weighted by Gasteiger charge is -2.05. The van der Waals surface area contributed by atoms with Crippen LogP contribution in [0, 0.1) is 0 Å². The number of aromatic nitrogens is 2. The Morgan fingerprint density at radius 1 is 1.22 bits per heavy atom. The van der Waals surface area contributed by atoms with Gasteiger partial charge >= 0.3 is 5.97 Å². The lowest BCUT2D eigenvalue weighted by atomic mass is 10.2. The van der Waals surface area contributed by atoms with Gasteiger partial charge < -0.3 is 15.2 Å². The van der Waals surface area contributed by atoms with Gasteiger partial charge in [0.25, 0.3) is 5.82 Å². The highest BCUT2D eigenvalue weighted by atomic mass is 16.5. The number of aromatic amines is 1. The van der Waals surface area contributed by atoms with Crippen molar-refractivity contribution in [3.8, 4) is 5.75 Å². The van der Waals surface area contributed by atoms with Gasteiger partial charge in [-0.1, -0.05) is 18.2 Å². The minimum atomic E-state index is -0.453. The Bertz CT molecular complexity index is 865. The van der Waals surface area contributed by atoms with Crippen LogP contribution in [0.5, 0.6) is 5.75 Å². The lowest BCUT2D eigenvalue weighted by molar-refractivity contribution is -0.381. The van der Waals surface area contributed by atoms with E-state index in [0.29, 0.717) is 23.0 Å². The Morgan fingerprint density at radius 2 is 2.04 bits per heavy atom. The van der Waals surface area contributed by atoms with Crippen LogP contribution in [-0.2, 0) is 11.3 Å². The maximum Gasteiger partial charge on any atom is 0.338 e. The Hall–Kier alpha value is -3.15. The summed E-state index contributed by atoms with van der Waals surface area (Å²) in [7, 11) is 1.54. The zero-order chi connectivity index (χ0) is 16.2. The van der Waals surface area contributed by atoms with Crippen molar-refractivity contribution >= 4 is 22.7 Å². The molecule has 6 nitrogen and oxygen atoms in total. The molecular formula is C17H16N3O3+. The van der Waals surface area contributed by atoms with E-state index >= 15 is 0 Å². The molecule has 0 bridgehead atoms. The topological polar surface area (TPSA) is 88.6 Å². The highest BCUT2D eigenvalue weighted by molar-refractivity contribution is 5.90. The van der Waals surface area contributed by atoms with Gasteiger partial charge in [-0.15, -0.1) is 4.98 Å². The third-order valence-electron chi connectivity index (χ3n) is 3.37. The van der Waals surface area contributed by atoms with Crippen LogP contribution < -0.4 is 15.5 Å². The number of para-hydroxylation sites is 1. The van der Waals surface area contributed by atoms with Crippen molar-refractivity contribution in [2.24, 2.45) is 0 Å². The van der Waals surface area contributed by atoms with Gasteiger partial charge in [0.05, 0.1) is 18.1 Å². The summed E-state index contributed by atoms with van der Waals surface area (Å²) in [6.07, 6.45) is 0. The number of nitrogens with zero attached hydrogens (tertiary/aromatic N) is 1. The predicted octanol–water partition coefficient (Wildman–Crippen LogP) is 2.00. The highest BCUT2D eigenvalue weighted by Gasteiger charge is 2.14. The van der Waals surface area contributed by atoms with Crippen LogP contribution in [0.3, 0.4) is 0 Å². The molecule has 3 aromatic rings. The number of benzene rings is 2. The molecule has 0 saturated heterocycles. The van der Waals surface area contributed by atoms with E-state index in [0.717, 1.165) is 10.9 Å². The van der Waals surface area contributed by atoms with Crippen molar-refractivity contribution in [3.05, 3.63) is 59.9 Å². The van der Waals surface area contributed by atoms with Gasteiger partial charge in [0.15, 0.2) is 12.1 Å². The van der Waals surface area contributed by atoms with E-state index in [1.165, 1.54) is 0 Å². The van der Waals surface area contributed by atoms with E-state index in [9.17, 15) is 4.79 Å². The number of anilines is 1. The molecule has 0 aliphatic heterocycles. The molecule has 116 valence electrons. The average Bonchev–Trinajstić information content (AvgIpc) is 2.60. The summed E-state index contributed by atoms with van der Waals surface area (Å²) in [5.74, 6) is 1.12. The number of H-pyrrole nitrogens is 1. The molecular weight excluding hydrogens is 294 g/mol. The molecule has 23 heavy (non-hydrogen) atoms. The number of fused-ring (bicyclic) bond motifs is 1. The predicted molar refractivity (Wildman–Crippen MR) is 84.8 cm³/mol. The largest absolute Gasteiger partial charge is 0.497 e. The fraction of sp³-hybridized carbons (Fsp3) is 0.118. The quantitative estimate of drug-likeness (QED) is 0.745. The van der Waals surface area contributed by atoms with E-state index in [2.05, 4.69) is 9.97 Å². The third kappa shape index (κ3) is 3.21. The van der Waals surface area contributed by atoms with Crippen molar-refractivity contribution in [2.45, 2.75) is 6.61 Å². The van der Waals surface area contributed by atoms with Crippen molar-refractivity contribution < 1.29 is 19.3 Å². The Labute approximate surface area is 132 Å². The number of nitrogens with one attached hydrogen (secondary N) is 1. The first-order chi connectivity index (χ1) is 11.2. The molecule has 2 aromatic carbocycles. The molecule has 0 spiro atoms. The summed E-state index contributed by atoms with van der Waals surface area (Å²) in [4.78, 5) is 19.4. The number of nitrogen functional groups attached to an aromatic ring is 1. The summed E-state index contributed by atoms with van der Waals surface area (Å²) in [6.45, 7) is 0.00504. The van der Waals surface area contributed by atoms with E-state index < -0.39 is 5.97 Å². The van der Waals surface area contributed by atoms with Crippen molar-refractivity contribution in [3.63, 3.8) is 0 Å². The van der Waals surface area contributed by atoms with Gasteiger partial charge in [-0.25, -0.2) is 9.78 Å². The molecule has 0 saturated carbocycles. The fourth-order valence-corrected chi connectivity index (χ4v) is 2.23. The maximum atomic E-state index is 12.1. The van der Waals surface area contributed by atoms with E-state index in [4.69, 9.17) is 15.2 Å². The zero-order valence-electron chi connectivity index (χ0n) is 12.6. The van der Waals surface area contributed by atoms with Gasteiger partial charge in [0.1, 0.15) is 5.75 Å². The third-order valence-corrected chi connectivity index (χ3v) is 3.37. The molecule has 0 fully saturated rings. The molecule has 0 atom stereocenters. The number of ether oxygens (including phenoxy) is 2. The SMILES string of the molecule is COc1cccc(C(=O)OCc2nc3ccccc3c(N)[nH+]2)c1. The van der Waals surface area contributed by atoms with Crippen molar-refractivity contribution in [1.82, 2.24) is 4.98 Å². The Kier molecular flexibility index (Phi) is 4.05. The number of hydrogen-bond donors (Lipinski definition) is 1. The second-order valence-corrected chi connectivity index (χ2v) is 4.92. The van der Waals surface area contributed by atoms with Crippen LogP contribution in [0.1, 0.15) is 16.2 Å². The molecule has 0 unspecified atom stereocenters. The molecule has 0 aliphatic carbocycles. The number of carbonyl (C=O) groups excluding carboxylic acids is 1. The number of hydrogen-bond acceptors (Lipinski definition) is 5. The molecule has 3 rings (SSSR count). The van der Waals surface area contributed by atoms with Crippen LogP contribution in [0.4, 0.5) is 5.82 Å². The van der Waals surface area contributed by atoms with E-state index in [-0.39, 0.29) is 6.61 Å². The number of nitrogens with two attached hydrogens (primary N) is 1. The molecule has 6 heteroatoms. The Morgan fingerprint density at radius 3 is 2.87 bits per heavy atom. The number of rotatable bonds is 4. The second kappa shape index (κ2) is 6.31. The maximum absolute atomic E-state index is 12.1. The summed E-state index contributed by atoms with van der Waals surface area (Å²) in [6, 6.07) is 14.3. The normalized spacial score (nSPS) is 10.5. The molecule has 1 heterocycles. The second-order valence-electron chi connectivity index (χ2n) is 4.92. The number of esters is 1. The zero-order valence-corrected chi connectivity index (χ0v) is 12.6. The molecule has 1 aromatic heterocycles. The van der Waals surface area contributed by atoms with Crippen LogP contribution in [-0.4, -0.2) is 18.1 Å². The highest BCUT2D eigenvalue weighted by Crippen LogP contribution is 2.16. The first-order valence-corrected chi connectivity index (χ1v) is 7.05. The molecule has 0 aliphatic rings. The first kappa shape index (κ1) is 14.8. The van der Waals surface area contributed by atoms with E-state index in [1.54, 1.807) is 31.4 Å². The van der Waals surface area contributed by atoms with Gasteiger partial charge in [0, 0.05) is 0 Å². The molecule has 0 amide bonds. The number of carbonyl (C=O) groups is 1. The lowest BCUT2D eigenvalue weighted by Crippen LogP contribution is -2.21. The van der Waals surface area contributed by atoms with Gasteiger partial charge in [0.2, 0.25) is 5.82 Å². The fourth-order valence-electron chi connectivity index (χ4n) is 2.23. The average molecular weight is 310 g/mol. The van der Waals surface area contributed by atoms with Crippen LogP contribution >= 0.6 is 0 Å². The number of methoxy groups -OCH3 is 1. The van der Waals surface area contributed by atoms with Gasteiger partial charge in [-0.3, -0.25) is 0 Å². The first-order valence-electron chi connectivity index (χ1n) is 7.05. The standard InChI is InChI=1S/C17H15N3O3/c1-22-12-6-4-5-11(9-12)17(21)23-10-15-19-14-8-3-2-7-13(14)16(18)20-15/h2-9H,10H2,1H3,(H2,18,19,20)/p+1. The minimum absolute atomic E-state index is 0.00504. The molecule has 0 radical (unpaired) electrons.